The van der Waals surface area contributed by atoms with Gasteiger partial charge in [0.15, 0.2) is 0 Å². The Morgan fingerprint density at radius 3 is 2.46 bits per heavy atom. The number of likely N-dealkylation sites (tertiary alicyclic amines) is 1. The Labute approximate surface area is 216 Å². The van der Waals surface area contributed by atoms with E-state index in [1.807, 2.05) is 49.1 Å². The summed E-state index contributed by atoms with van der Waals surface area (Å²) in [4.78, 5) is 28.0. The molecule has 1 aliphatic carbocycles. The lowest BCUT2D eigenvalue weighted by molar-refractivity contribution is -0.124. The largest absolute Gasteiger partial charge is 0.370 e. The van der Waals surface area contributed by atoms with E-state index >= 15 is 4.39 Å². The highest BCUT2D eigenvalue weighted by Crippen LogP contribution is 2.38. The van der Waals surface area contributed by atoms with Crippen molar-refractivity contribution in [2.75, 3.05) is 0 Å². The van der Waals surface area contributed by atoms with E-state index in [-0.39, 0.29) is 23.9 Å². The summed E-state index contributed by atoms with van der Waals surface area (Å²) in [6.07, 6.45) is 3.17. The predicted molar refractivity (Wildman–Crippen MR) is 141 cm³/mol. The van der Waals surface area contributed by atoms with Gasteiger partial charge in [-0.25, -0.2) is 4.39 Å². The van der Waals surface area contributed by atoms with Gasteiger partial charge in [0.2, 0.25) is 5.91 Å². The molecule has 7 nitrogen and oxygen atoms in total. The third kappa shape index (κ3) is 4.80. The predicted octanol–water partition coefficient (Wildman–Crippen LogP) is 4.75. The molecule has 8 heteroatoms. The van der Waals surface area contributed by atoms with Gasteiger partial charge >= 0.3 is 0 Å². The molecule has 1 saturated heterocycles. The van der Waals surface area contributed by atoms with Gasteiger partial charge in [-0.1, -0.05) is 30.8 Å². The first-order valence-electron chi connectivity index (χ1n) is 12.8. The molecule has 192 valence electrons. The van der Waals surface area contributed by atoms with Crippen LogP contribution in [0.3, 0.4) is 0 Å². The number of benzene rings is 2. The number of hydrogen-bond donors (Lipinski definition) is 2. The van der Waals surface area contributed by atoms with Crippen molar-refractivity contribution in [1.82, 2.24) is 25.7 Å². The van der Waals surface area contributed by atoms with Crippen LogP contribution in [0.25, 0.3) is 16.6 Å². The summed E-state index contributed by atoms with van der Waals surface area (Å²) in [6.45, 7) is 9.85. The first-order chi connectivity index (χ1) is 17.7. The standard InChI is InChI=1S/C29H32FN5O2/c1-17-9-10-18(2)35(17)27(36)22-11-12-23(24(30)15-22)19(3)31-28(37)29(13-14-29)32-20(4)26-16-21-7-5-6-8-25(21)33-34-26/h5-8,11-12,15-19,32H,4,9-10,13-14H2,1-3H3,(H,31,37)/t17-,18+,19-/m1/s1. The Morgan fingerprint density at radius 1 is 1.08 bits per heavy atom. The monoisotopic (exact) mass is 501 g/mol. The maximum absolute atomic E-state index is 15.1. The lowest BCUT2D eigenvalue weighted by Crippen LogP contribution is -2.46. The number of nitrogens with zero attached hydrogens (tertiary/aromatic N) is 3. The number of hydrogen-bond acceptors (Lipinski definition) is 5. The van der Waals surface area contributed by atoms with Gasteiger partial charge in [0, 0.05) is 28.6 Å². The van der Waals surface area contributed by atoms with Gasteiger partial charge in [-0.2, -0.15) is 0 Å². The van der Waals surface area contributed by atoms with Crippen molar-refractivity contribution in [3.63, 3.8) is 0 Å². The van der Waals surface area contributed by atoms with Crippen molar-refractivity contribution in [3.05, 3.63) is 77.7 Å². The van der Waals surface area contributed by atoms with Gasteiger partial charge in [0.1, 0.15) is 17.1 Å². The summed E-state index contributed by atoms with van der Waals surface area (Å²) in [5.74, 6) is -0.892. The maximum atomic E-state index is 15.1. The third-order valence-corrected chi connectivity index (χ3v) is 7.63. The number of rotatable bonds is 7. The molecule has 2 aliphatic rings. The minimum atomic E-state index is -0.812. The Morgan fingerprint density at radius 2 is 1.78 bits per heavy atom. The number of amides is 2. The zero-order valence-electron chi connectivity index (χ0n) is 21.4. The van der Waals surface area contributed by atoms with E-state index in [2.05, 4.69) is 27.4 Å². The fourth-order valence-corrected chi connectivity index (χ4v) is 5.19. The topological polar surface area (TPSA) is 87.2 Å². The minimum absolute atomic E-state index is 0.140. The number of nitrogens with one attached hydrogen (secondary N) is 2. The third-order valence-electron chi connectivity index (χ3n) is 7.63. The highest BCUT2D eigenvalue weighted by molar-refractivity contribution is 5.95. The zero-order chi connectivity index (χ0) is 26.3. The number of fused-ring (bicyclic) bond motifs is 1. The van der Waals surface area contributed by atoms with E-state index in [9.17, 15) is 9.59 Å². The molecule has 5 rings (SSSR count). The van der Waals surface area contributed by atoms with Gasteiger partial charge in [-0.15, -0.1) is 10.2 Å². The van der Waals surface area contributed by atoms with Crippen LogP contribution in [-0.2, 0) is 4.79 Å². The second-order valence-corrected chi connectivity index (χ2v) is 10.4. The molecule has 3 aromatic rings. The molecule has 0 bridgehead atoms. The Balaban J connectivity index is 1.25. The van der Waals surface area contributed by atoms with Crippen LogP contribution in [0.1, 0.15) is 74.1 Å². The van der Waals surface area contributed by atoms with Crippen molar-refractivity contribution in [2.45, 2.75) is 70.1 Å². The molecule has 0 unspecified atom stereocenters. The maximum Gasteiger partial charge on any atom is 0.254 e. The average Bonchev–Trinajstić information content (AvgIpc) is 3.59. The van der Waals surface area contributed by atoms with Gasteiger partial charge in [-0.3, -0.25) is 9.59 Å². The Kier molecular flexibility index (Phi) is 6.43. The van der Waals surface area contributed by atoms with Gasteiger partial charge in [-0.05, 0) is 70.7 Å². The molecule has 0 spiro atoms. The van der Waals surface area contributed by atoms with Crippen molar-refractivity contribution in [3.8, 4) is 0 Å². The molecule has 1 saturated carbocycles. The van der Waals surface area contributed by atoms with Crippen molar-refractivity contribution in [2.24, 2.45) is 0 Å². The van der Waals surface area contributed by atoms with Crippen molar-refractivity contribution >= 4 is 28.4 Å². The van der Waals surface area contributed by atoms with Gasteiger partial charge < -0.3 is 15.5 Å². The second-order valence-electron chi connectivity index (χ2n) is 10.4. The number of carbonyl (C=O) groups is 2. The lowest BCUT2D eigenvalue weighted by Gasteiger charge is -2.27. The summed E-state index contributed by atoms with van der Waals surface area (Å²) in [6, 6.07) is 13.8. The first kappa shape index (κ1) is 24.9. The number of halogens is 1. The van der Waals surface area contributed by atoms with E-state index in [1.165, 1.54) is 6.07 Å². The molecule has 37 heavy (non-hydrogen) atoms. The van der Waals surface area contributed by atoms with Crippen molar-refractivity contribution in [1.29, 1.82) is 0 Å². The Bertz CT molecular complexity index is 1380. The molecule has 2 amide bonds. The van der Waals surface area contributed by atoms with Crippen LogP contribution in [0.15, 0.2) is 55.1 Å². The van der Waals surface area contributed by atoms with Crippen LogP contribution >= 0.6 is 0 Å². The minimum Gasteiger partial charge on any atom is -0.370 e. The molecule has 1 aromatic heterocycles. The first-order valence-corrected chi connectivity index (χ1v) is 12.8. The molecule has 2 fully saturated rings. The van der Waals surface area contributed by atoms with E-state index in [0.717, 1.165) is 23.7 Å². The molecular formula is C29H32FN5O2. The SMILES string of the molecule is C=C(NC1(C(=O)N[C@H](C)c2ccc(C(=O)N3[C@H](C)CC[C@@H]3C)cc2F)CC1)c1cc2ccccc2nn1. The number of carbonyl (C=O) groups excluding carboxylic acids is 2. The van der Waals surface area contributed by atoms with Gasteiger partial charge in [0.05, 0.1) is 17.3 Å². The normalized spacial score (nSPS) is 20.9. The van der Waals surface area contributed by atoms with E-state index in [4.69, 9.17) is 0 Å². The lowest BCUT2D eigenvalue weighted by atomic mass is 10.0. The second kappa shape index (κ2) is 9.57. The van der Waals surface area contributed by atoms with Crippen LogP contribution in [0.5, 0.6) is 0 Å². The van der Waals surface area contributed by atoms with Crippen LogP contribution < -0.4 is 10.6 Å². The van der Waals surface area contributed by atoms with Crippen LogP contribution in [0.4, 0.5) is 4.39 Å². The molecule has 2 aromatic carbocycles. The van der Waals surface area contributed by atoms with Crippen molar-refractivity contribution < 1.29 is 14.0 Å². The molecule has 1 aliphatic heterocycles. The summed E-state index contributed by atoms with van der Waals surface area (Å²) in [5.41, 5.74) is 1.71. The van der Waals surface area contributed by atoms with E-state index < -0.39 is 17.4 Å². The fourth-order valence-electron chi connectivity index (χ4n) is 5.19. The van der Waals surface area contributed by atoms with Crippen LogP contribution in [-0.4, -0.2) is 44.5 Å². The van der Waals surface area contributed by atoms with Gasteiger partial charge in [0.25, 0.3) is 5.91 Å². The highest BCUT2D eigenvalue weighted by Gasteiger charge is 2.50. The van der Waals surface area contributed by atoms with E-state index in [1.54, 1.807) is 19.1 Å². The molecule has 0 radical (unpaired) electrons. The summed E-state index contributed by atoms with van der Waals surface area (Å²) in [7, 11) is 0. The Hall–Kier alpha value is -3.81. The zero-order valence-corrected chi connectivity index (χ0v) is 21.4. The molecular weight excluding hydrogens is 469 g/mol. The highest BCUT2D eigenvalue weighted by atomic mass is 19.1. The average molecular weight is 502 g/mol. The van der Waals surface area contributed by atoms with Crippen LogP contribution in [0, 0.1) is 5.82 Å². The fraction of sp³-hybridized carbons (Fsp3) is 0.379. The van der Waals surface area contributed by atoms with E-state index in [0.29, 0.717) is 35.4 Å². The van der Waals surface area contributed by atoms with Crippen LogP contribution in [0.2, 0.25) is 0 Å². The quantitative estimate of drug-likeness (QED) is 0.488. The number of aromatic nitrogens is 2. The summed E-state index contributed by atoms with van der Waals surface area (Å²) >= 11 is 0. The summed E-state index contributed by atoms with van der Waals surface area (Å²) in [5, 5.41) is 15.6. The summed E-state index contributed by atoms with van der Waals surface area (Å²) < 4.78 is 15.1. The molecule has 2 heterocycles. The molecule has 3 atom stereocenters. The smallest absolute Gasteiger partial charge is 0.254 e. The molecule has 2 N–H and O–H groups in total.